The molecule has 8 atom stereocenters. The van der Waals surface area contributed by atoms with E-state index in [-0.39, 0.29) is 16.2 Å². The van der Waals surface area contributed by atoms with E-state index in [4.69, 9.17) is 0 Å². The molecule has 0 bridgehead atoms. The smallest absolute Gasteiger partial charge is 0.120 e. The largest absolute Gasteiger partial charge is 0.243 e. The fraction of sp³-hybridized carbons (Fsp3) is 0.676. The van der Waals surface area contributed by atoms with Gasteiger partial charge < -0.3 is 0 Å². The van der Waals surface area contributed by atoms with E-state index in [1.165, 1.54) is 36.8 Å². The first-order valence-corrected chi connectivity index (χ1v) is 15.4. The molecular weight excluding hydrogens is 463 g/mol. The molecule has 4 saturated carbocycles. The SMILES string of the molecule is C=C/C(=C\C=C(/C)C=C)C/C=C\C1CC2(C)C(C)(F)C2(C)C1(C)CCC(C)CC(=C)C1CCC1(C)C1CC1. The van der Waals surface area contributed by atoms with E-state index in [1.54, 1.807) is 0 Å². The number of hydrogen-bond donors (Lipinski definition) is 0. The minimum absolute atomic E-state index is 0.0479. The van der Waals surface area contributed by atoms with Gasteiger partial charge in [-0.3, -0.25) is 0 Å². The summed E-state index contributed by atoms with van der Waals surface area (Å²) in [5, 5.41) is 0. The molecule has 0 amide bonds. The number of halogens is 1. The molecule has 0 saturated heterocycles. The van der Waals surface area contributed by atoms with Crippen molar-refractivity contribution in [1.29, 1.82) is 0 Å². The van der Waals surface area contributed by atoms with Gasteiger partial charge in [-0.25, -0.2) is 4.39 Å². The van der Waals surface area contributed by atoms with Crippen molar-refractivity contribution in [1.82, 2.24) is 0 Å². The van der Waals surface area contributed by atoms with E-state index in [0.717, 1.165) is 49.5 Å². The second-order valence-corrected chi connectivity index (χ2v) is 14.8. The molecule has 0 radical (unpaired) electrons. The predicted molar refractivity (Wildman–Crippen MR) is 164 cm³/mol. The molecule has 0 aromatic carbocycles. The first-order valence-electron chi connectivity index (χ1n) is 15.4. The van der Waals surface area contributed by atoms with Crippen LogP contribution in [0.4, 0.5) is 4.39 Å². The highest BCUT2D eigenvalue weighted by molar-refractivity contribution is 5.39. The number of allylic oxidation sites excluding steroid dienone is 9. The first-order chi connectivity index (χ1) is 17.7. The molecule has 0 heterocycles. The van der Waals surface area contributed by atoms with Gasteiger partial charge in [0.2, 0.25) is 0 Å². The zero-order chi connectivity index (χ0) is 28.1. The molecular formula is C37H55F. The zero-order valence-electron chi connectivity index (χ0n) is 25.6. The van der Waals surface area contributed by atoms with Gasteiger partial charge in [0, 0.05) is 10.8 Å². The quantitative estimate of drug-likeness (QED) is 0.168. The maximum Gasteiger partial charge on any atom is 0.120 e. The highest BCUT2D eigenvalue weighted by Crippen LogP contribution is 2.89. The van der Waals surface area contributed by atoms with Crippen LogP contribution in [0.1, 0.15) is 106 Å². The van der Waals surface area contributed by atoms with Gasteiger partial charge in [0.25, 0.3) is 0 Å². The Hall–Kier alpha value is -1.63. The van der Waals surface area contributed by atoms with E-state index >= 15 is 4.39 Å². The van der Waals surface area contributed by atoms with Gasteiger partial charge in [0.15, 0.2) is 0 Å². The third-order valence-electron chi connectivity index (χ3n) is 13.0. The average Bonchev–Trinajstić information content (AvgIpc) is 3.74. The summed E-state index contributed by atoms with van der Waals surface area (Å²) in [4.78, 5) is 0. The van der Waals surface area contributed by atoms with Crippen molar-refractivity contribution in [3.8, 4) is 0 Å². The lowest BCUT2D eigenvalue weighted by Crippen LogP contribution is -2.40. The molecule has 4 aliphatic carbocycles. The van der Waals surface area contributed by atoms with Crippen molar-refractivity contribution < 1.29 is 4.39 Å². The lowest BCUT2D eigenvalue weighted by molar-refractivity contribution is 0.0460. The van der Waals surface area contributed by atoms with Gasteiger partial charge in [0.1, 0.15) is 5.67 Å². The summed E-state index contributed by atoms with van der Waals surface area (Å²) in [5.74, 6) is 2.68. The maximum atomic E-state index is 16.0. The number of hydrogen-bond acceptors (Lipinski definition) is 0. The zero-order valence-corrected chi connectivity index (χ0v) is 25.6. The van der Waals surface area contributed by atoms with E-state index in [2.05, 4.69) is 85.6 Å². The fourth-order valence-electron chi connectivity index (χ4n) is 9.25. The minimum atomic E-state index is -1.09. The van der Waals surface area contributed by atoms with Crippen molar-refractivity contribution in [2.24, 2.45) is 45.3 Å². The van der Waals surface area contributed by atoms with Gasteiger partial charge in [-0.1, -0.05) is 102 Å². The summed E-state index contributed by atoms with van der Waals surface area (Å²) in [6, 6.07) is 0. The summed E-state index contributed by atoms with van der Waals surface area (Å²) in [5.41, 5.74) is 2.70. The molecule has 8 unspecified atom stereocenters. The Morgan fingerprint density at radius 1 is 1.03 bits per heavy atom. The van der Waals surface area contributed by atoms with Crippen LogP contribution in [0.5, 0.6) is 0 Å². The monoisotopic (exact) mass is 518 g/mol. The molecule has 0 aromatic rings. The second-order valence-electron chi connectivity index (χ2n) is 14.8. The summed E-state index contributed by atoms with van der Waals surface area (Å²) in [7, 11) is 0. The molecule has 0 spiro atoms. The van der Waals surface area contributed by atoms with Gasteiger partial charge in [-0.05, 0) is 112 Å². The molecule has 0 N–H and O–H groups in total. The van der Waals surface area contributed by atoms with Crippen LogP contribution < -0.4 is 0 Å². The molecule has 210 valence electrons. The molecule has 38 heavy (non-hydrogen) atoms. The van der Waals surface area contributed by atoms with E-state index < -0.39 is 5.67 Å². The van der Waals surface area contributed by atoms with Crippen molar-refractivity contribution in [3.05, 3.63) is 72.9 Å². The molecule has 4 fully saturated rings. The van der Waals surface area contributed by atoms with Crippen molar-refractivity contribution in [2.75, 3.05) is 0 Å². The average molecular weight is 519 g/mol. The number of rotatable bonds is 13. The van der Waals surface area contributed by atoms with Crippen LogP contribution in [0.2, 0.25) is 0 Å². The lowest BCUT2D eigenvalue weighted by atomic mass is 9.55. The molecule has 0 aliphatic heterocycles. The highest BCUT2D eigenvalue weighted by atomic mass is 19.1. The van der Waals surface area contributed by atoms with Crippen LogP contribution in [-0.2, 0) is 0 Å². The third kappa shape index (κ3) is 4.39. The van der Waals surface area contributed by atoms with Crippen molar-refractivity contribution >= 4 is 0 Å². The summed E-state index contributed by atoms with van der Waals surface area (Å²) >= 11 is 0. The Bertz CT molecular complexity index is 1050. The van der Waals surface area contributed by atoms with E-state index in [9.17, 15) is 0 Å². The van der Waals surface area contributed by atoms with Crippen LogP contribution in [0, 0.1) is 45.3 Å². The molecule has 1 heteroatoms. The Kier molecular flexibility index (Phi) is 7.79. The summed E-state index contributed by atoms with van der Waals surface area (Å²) in [6.45, 7) is 28.2. The Morgan fingerprint density at radius 2 is 1.71 bits per heavy atom. The molecule has 0 aromatic heterocycles. The van der Waals surface area contributed by atoms with Gasteiger partial charge in [-0.15, -0.1) is 0 Å². The highest BCUT2D eigenvalue weighted by Gasteiger charge is 2.90. The van der Waals surface area contributed by atoms with Crippen LogP contribution in [0.25, 0.3) is 0 Å². The third-order valence-corrected chi connectivity index (χ3v) is 13.0. The van der Waals surface area contributed by atoms with Gasteiger partial charge >= 0.3 is 0 Å². The van der Waals surface area contributed by atoms with E-state index in [1.807, 2.05) is 19.1 Å². The number of alkyl halides is 1. The van der Waals surface area contributed by atoms with Crippen LogP contribution in [0.15, 0.2) is 72.9 Å². The molecule has 4 aliphatic rings. The van der Waals surface area contributed by atoms with Crippen LogP contribution in [-0.4, -0.2) is 5.67 Å². The second kappa shape index (κ2) is 10.1. The summed E-state index contributed by atoms with van der Waals surface area (Å²) in [6.07, 6.45) is 23.5. The normalized spacial score (nSPS) is 43.5. The van der Waals surface area contributed by atoms with E-state index in [0.29, 0.717) is 17.3 Å². The predicted octanol–water partition coefficient (Wildman–Crippen LogP) is 11.1. The maximum absolute atomic E-state index is 16.0. The van der Waals surface area contributed by atoms with Crippen LogP contribution >= 0.6 is 0 Å². The van der Waals surface area contributed by atoms with Gasteiger partial charge in [-0.2, -0.15) is 0 Å². The van der Waals surface area contributed by atoms with Gasteiger partial charge in [0.05, 0.1) is 0 Å². The Balaban J connectivity index is 1.43. The Morgan fingerprint density at radius 3 is 2.26 bits per heavy atom. The lowest BCUT2D eigenvalue weighted by Gasteiger charge is -2.49. The number of fused-ring (bicyclic) bond motifs is 1. The van der Waals surface area contributed by atoms with Crippen LogP contribution in [0.3, 0.4) is 0 Å². The minimum Gasteiger partial charge on any atom is -0.243 e. The fourth-order valence-corrected chi connectivity index (χ4v) is 9.25. The molecule has 4 rings (SSSR count). The topological polar surface area (TPSA) is 0 Å². The van der Waals surface area contributed by atoms with Crippen molar-refractivity contribution in [2.45, 2.75) is 112 Å². The Labute approximate surface area is 234 Å². The summed E-state index contributed by atoms with van der Waals surface area (Å²) < 4.78 is 16.0. The standard InChI is InChI=1S/C37H55F/c1-11-26(3)16-17-29(12-2)14-13-15-31-25-35(8)36(9,37(35,10)38)34(31,7)23-20-27(4)24-28(5)32-21-22-33(32,6)30-18-19-30/h11-13,15-17,27,30-32H,1-2,5,14,18-25H2,3-4,6-10H3/b15-13-,26-16+,29-17+. The van der Waals surface area contributed by atoms with Crippen molar-refractivity contribution in [3.63, 3.8) is 0 Å². The first kappa shape index (κ1) is 29.4. The molecule has 0 nitrogen and oxygen atoms in total.